The van der Waals surface area contributed by atoms with Crippen molar-refractivity contribution in [2.24, 2.45) is 5.92 Å². The predicted octanol–water partition coefficient (Wildman–Crippen LogP) is 3.83. The second kappa shape index (κ2) is 8.46. The van der Waals surface area contributed by atoms with Crippen molar-refractivity contribution < 1.29 is 17.9 Å². The van der Waals surface area contributed by atoms with Crippen LogP contribution in [0.2, 0.25) is 0 Å². The molecule has 1 saturated heterocycles. The maximum Gasteiger partial charge on any atom is 0.243 e. The zero-order chi connectivity index (χ0) is 22.3. The van der Waals surface area contributed by atoms with Crippen LogP contribution in [0.15, 0.2) is 41.3 Å². The van der Waals surface area contributed by atoms with Crippen molar-refractivity contribution >= 4 is 42.6 Å². The number of nitrogens with one attached hydrogen (secondary N) is 1. The quantitative estimate of drug-likeness (QED) is 0.611. The van der Waals surface area contributed by atoms with E-state index in [1.165, 1.54) is 21.2 Å². The lowest BCUT2D eigenvalue weighted by Gasteiger charge is -2.30. The average molecular weight is 472 g/mol. The highest BCUT2D eigenvalue weighted by molar-refractivity contribution is 7.89. The van der Waals surface area contributed by atoms with E-state index in [0.29, 0.717) is 36.0 Å². The summed E-state index contributed by atoms with van der Waals surface area (Å²) in [6.07, 6.45) is 4.04. The Bertz CT molecular complexity index is 1280. The van der Waals surface area contributed by atoms with E-state index in [2.05, 4.69) is 10.3 Å². The van der Waals surface area contributed by atoms with E-state index in [1.54, 1.807) is 13.2 Å². The normalized spacial score (nSPS) is 17.4. The maximum absolute atomic E-state index is 13.1. The number of methoxy groups -OCH3 is 1. The number of nitrogens with zero attached hydrogens (tertiary/aromatic N) is 2. The molecule has 2 heterocycles. The van der Waals surface area contributed by atoms with Crippen molar-refractivity contribution in [3.8, 4) is 5.75 Å². The number of carbonyl (C=O) groups excluding carboxylic acids is 1. The van der Waals surface area contributed by atoms with E-state index in [4.69, 9.17) is 4.74 Å². The topological polar surface area (TPSA) is 88.6 Å². The number of amides is 1. The van der Waals surface area contributed by atoms with Crippen LogP contribution in [0, 0.1) is 5.92 Å². The number of hydrogen-bond donors (Lipinski definition) is 1. The van der Waals surface area contributed by atoms with Gasteiger partial charge in [0.25, 0.3) is 0 Å². The Morgan fingerprint density at radius 3 is 2.69 bits per heavy atom. The van der Waals surface area contributed by atoms with Crippen LogP contribution < -0.4 is 10.1 Å². The fraction of sp³-hybridized carbons (Fsp3) is 0.391. The highest BCUT2D eigenvalue weighted by Gasteiger charge is 2.33. The summed E-state index contributed by atoms with van der Waals surface area (Å²) < 4.78 is 33.9. The smallest absolute Gasteiger partial charge is 0.243 e. The van der Waals surface area contributed by atoms with Crippen molar-refractivity contribution in [1.29, 1.82) is 0 Å². The maximum atomic E-state index is 13.1. The molecule has 0 saturated carbocycles. The first kappa shape index (κ1) is 21.4. The summed E-state index contributed by atoms with van der Waals surface area (Å²) in [6, 6.07) is 11.1. The number of aryl methyl sites for hydroxylation is 2. The lowest BCUT2D eigenvalue weighted by Crippen LogP contribution is -2.41. The molecule has 0 unspecified atom stereocenters. The molecule has 0 bridgehead atoms. The molecule has 9 heteroatoms. The van der Waals surface area contributed by atoms with E-state index in [-0.39, 0.29) is 11.8 Å². The highest BCUT2D eigenvalue weighted by Crippen LogP contribution is 2.31. The van der Waals surface area contributed by atoms with Gasteiger partial charge in [0.15, 0.2) is 5.13 Å². The van der Waals surface area contributed by atoms with Crippen LogP contribution in [-0.2, 0) is 27.7 Å². The van der Waals surface area contributed by atoms with Crippen molar-refractivity contribution in [3.63, 3.8) is 0 Å². The third-order valence-electron chi connectivity index (χ3n) is 6.36. The van der Waals surface area contributed by atoms with Gasteiger partial charge in [0, 0.05) is 19.0 Å². The Morgan fingerprint density at radius 2 is 1.91 bits per heavy atom. The number of sulfonamides is 1. The third-order valence-corrected chi connectivity index (χ3v) is 9.19. The van der Waals surface area contributed by atoms with Gasteiger partial charge in [0.05, 0.1) is 22.2 Å². The molecule has 0 atom stereocenters. The number of hydrogen-bond acceptors (Lipinski definition) is 6. The van der Waals surface area contributed by atoms with Crippen LogP contribution in [-0.4, -0.2) is 43.8 Å². The molecular formula is C23H25N3O4S2. The first-order valence-corrected chi connectivity index (χ1v) is 13.1. The molecule has 7 nitrogen and oxygen atoms in total. The van der Waals surface area contributed by atoms with Gasteiger partial charge >= 0.3 is 0 Å². The van der Waals surface area contributed by atoms with Crippen molar-refractivity contribution in [2.75, 3.05) is 25.5 Å². The molecule has 1 aliphatic heterocycles. The molecule has 0 spiro atoms. The van der Waals surface area contributed by atoms with Crippen LogP contribution in [0.1, 0.15) is 30.4 Å². The average Bonchev–Trinajstić information content (AvgIpc) is 3.44. The fourth-order valence-corrected chi connectivity index (χ4v) is 6.93. The van der Waals surface area contributed by atoms with E-state index in [1.807, 2.05) is 30.3 Å². The van der Waals surface area contributed by atoms with Gasteiger partial charge in [0.2, 0.25) is 15.9 Å². The second-order valence-electron chi connectivity index (χ2n) is 8.30. The number of carbonyl (C=O) groups is 1. The molecule has 3 aromatic rings. The molecule has 1 aromatic heterocycles. The zero-order valence-electron chi connectivity index (χ0n) is 17.8. The Kier molecular flexibility index (Phi) is 5.65. The largest absolute Gasteiger partial charge is 0.497 e. The molecule has 1 N–H and O–H groups in total. The SMILES string of the molecule is COc1ccc2nc(NC(=O)C3CCN(S(=O)(=O)c4ccc5c(c4)CCC5)CC3)sc2c1. The fourth-order valence-electron chi connectivity index (χ4n) is 4.51. The van der Waals surface area contributed by atoms with Crippen LogP contribution in [0.4, 0.5) is 5.13 Å². The van der Waals surface area contributed by atoms with Gasteiger partial charge in [-0.25, -0.2) is 13.4 Å². The summed E-state index contributed by atoms with van der Waals surface area (Å²) in [5.41, 5.74) is 3.21. The van der Waals surface area contributed by atoms with Crippen LogP contribution >= 0.6 is 11.3 Å². The Morgan fingerprint density at radius 1 is 1.12 bits per heavy atom. The van der Waals surface area contributed by atoms with E-state index in [9.17, 15) is 13.2 Å². The number of thiazole rings is 1. The summed E-state index contributed by atoms with van der Waals surface area (Å²) in [5, 5.41) is 3.46. The number of piperidine rings is 1. The molecule has 2 aromatic carbocycles. The van der Waals surface area contributed by atoms with Crippen LogP contribution in [0.5, 0.6) is 5.75 Å². The van der Waals surface area contributed by atoms with Gasteiger partial charge in [-0.15, -0.1) is 0 Å². The molecule has 2 aliphatic rings. The summed E-state index contributed by atoms with van der Waals surface area (Å²) in [5.74, 6) is 0.407. The summed E-state index contributed by atoms with van der Waals surface area (Å²) >= 11 is 1.40. The molecule has 32 heavy (non-hydrogen) atoms. The van der Waals surface area contributed by atoms with Crippen molar-refractivity contribution in [3.05, 3.63) is 47.5 Å². The zero-order valence-corrected chi connectivity index (χ0v) is 19.5. The number of aromatic nitrogens is 1. The summed E-state index contributed by atoms with van der Waals surface area (Å²) in [4.78, 5) is 17.6. The molecule has 1 fully saturated rings. The second-order valence-corrected chi connectivity index (χ2v) is 11.3. The number of ether oxygens (including phenoxy) is 1. The standard InChI is InChI=1S/C23H25N3O4S2/c1-30-18-6-8-20-21(14-18)31-23(24-20)25-22(27)16-9-11-26(12-10-16)32(28,29)19-7-5-15-3-2-4-17(15)13-19/h5-8,13-14,16H,2-4,9-12H2,1H3,(H,24,25,27). The molecule has 0 radical (unpaired) electrons. The Balaban J connectivity index is 1.23. The molecule has 1 aliphatic carbocycles. The van der Waals surface area contributed by atoms with Crippen molar-refractivity contribution in [2.45, 2.75) is 37.0 Å². The number of fused-ring (bicyclic) bond motifs is 2. The van der Waals surface area contributed by atoms with Crippen molar-refractivity contribution in [1.82, 2.24) is 9.29 Å². The molecular weight excluding hydrogens is 446 g/mol. The van der Waals surface area contributed by atoms with Gasteiger partial charge in [-0.05, 0) is 73.6 Å². The van der Waals surface area contributed by atoms with Crippen LogP contribution in [0.3, 0.4) is 0 Å². The number of anilines is 1. The minimum Gasteiger partial charge on any atom is -0.497 e. The minimum absolute atomic E-state index is 0.106. The van der Waals surface area contributed by atoms with Gasteiger partial charge in [-0.2, -0.15) is 4.31 Å². The molecule has 168 valence electrons. The van der Waals surface area contributed by atoms with Gasteiger partial charge in [0.1, 0.15) is 5.75 Å². The lowest BCUT2D eigenvalue weighted by atomic mass is 9.97. The Labute approximate surface area is 191 Å². The van der Waals surface area contributed by atoms with Gasteiger partial charge < -0.3 is 10.1 Å². The molecule has 5 rings (SSSR count). The predicted molar refractivity (Wildman–Crippen MR) is 125 cm³/mol. The molecule has 1 amide bonds. The first-order chi connectivity index (χ1) is 15.4. The summed E-state index contributed by atoms with van der Waals surface area (Å²) in [6.45, 7) is 0.684. The number of rotatable bonds is 5. The summed E-state index contributed by atoms with van der Waals surface area (Å²) in [7, 11) is -1.92. The Hall–Kier alpha value is -2.49. The van der Waals surface area contributed by atoms with Crippen LogP contribution in [0.25, 0.3) is 10.2 Å². The highest BCUT2D eigenvalue weighted by atomic mass is 32.2. The minimum atomic E-state index is -3.54. The van der Waals surface area contributed by atoms with E-state index >= 15 is 0 Å². The first-order valence-electron chi connectivity index (χ1n) is 10.8. The lowest BCUT2D eigenvalue weighted by molar-refractivity contribution is -0.120. The monoisotopic (exact) mass is 471 g/mol. The third kappa shape index (κ3) is 4.00. The van der Waals surface area contributed by atoms with E-state index < -0.39 is 10.0 Å². The van der Waals surface area contributed by atoms with Gasteiger partial charge in [-0.1, -0.05) is 17.4 Å². The number of benzene rings is 2. The van der Waals surface area contributed by atoms with Gasteiger partial charge in [-0.3, -0.25) is 4.79 Å². The van der Waals surface area contributed by atoms with E-state index in [0.717, 1.165) is 40.8 Å².